The predicted octanol–water partition coefficient (Wildman–Crippen LogP) is 3.29. The minimum Gasteiger partial charge on any atom is -0.441 e. The van der Waals surface area contributed by atoms with Crippen LogP contribution < -0.4 is 5.73 Å². The molecule has 17 heavy (non-hydrogen) atoms. The third-order valence-electron chi connectivity index (χ3n) is 2.57. The van der Waals surface area contributed by atoms with Gasteiger partial charge in [0.2, 0.25) is 0 Å². The van der Waals surface area contributed by atoms with Gasteiger partial charge in [-0.25, -0.2) is 9.37 Å². The second-order valence-corrected chi connectivity index (χ2v) is 4.35. The number of hydrogen-bond acceptors (Lipinski definition) is 3. The molecule has 2 rings (SSSR count). The number of nitrogens with two attached hydrogens (primary N) is 1. The Morgan fingerprint density at radius 1 is 1.29 bits per heavy atom. The van der Waals surface area contributed by atoms with Gasteiger partial charge in [0.15, 0.2) is 11.5 Å². The Bertz CT molecular complexity index is 473. The maximum Gasteiger partial charge on any atom is 0.195 e. The molecule has 5 heteroatoms. The lowest BCUT2D eigenvalue weighted by atomic mass is 10.2. The van der Waals surface area contributed by atoms with E-state index in [0.29, 0.717) is 23.5 Å². The van der Waals surface area contributed by atoms with Crippen molar-refractivity contribution in [3.05, 3.63) is 28.9 Å². The van der Waals surface area contributed by atoms with Crippen molar-refractivity contribution >= 4 is 22.7 Å². The highest BCUT2D eigenvalue weighted by Crippen LogP contribution is 2.23. The van der Waals surface area contributed by atoms with Crippen molar-refractivity contribution in [2.75, 3.05) is 6.54 Å². The van der Waals surface area contributed by atoms with Crippen molar-refractivity contribution < 1.29 is 8.81 Å². The van der Waals surface area contributed by atoms with Gasteiger partial charge in [-0.1, -0.05) is 18.0 Å². The summed E-state index contributed by atoms with van der Waals surface area (Å²) in [5, 5.41) is 0.0699. The number of unbranched alkanes of at least 4 members (excludes halogenated alkanes) is 2. The average Bonchev–Trinajstić information content (AvgIpc) is 2.67. The van der Waals surface area contributed by atoms with Crippen molar-refractivity contribution in [2.24, 2.45) is 5.73 Å². The highest BCUT2D eigenvalue weighted by molar-refractivity contribution is 6.31. The zero-order valence-electron chi connectivity index (χ0n) is 9.38. The molecule has 0 saturated heterocycles. The van der Waals surface area contributed by atoms with E-state index >= 15 is 0 Å². The van der Waals surface area contributed by atoms with Crippen LogP contribution in [0.15, 0.2) is 16.5 Å². The number of aryl methyl sites for hydroxylation is 1. The first-order valence-electron chi connectivity index (χ1n) is 5.65. The molecule has 0 fully saturated rings. The lowest BCUT2D eigenvalue weighted by Gasteiger charge is -1.94. The van der Waals surface area contributed by atoms with Crippen molar-refractivity contribution in [1.82, 2.24) is 4.98 Å². The van der Waals surface area contributed by atoms with Crippen molar-refractivity contribution in [2.45, 2.75) is 25.7 Å². The molecule has 0 spiro atoms. The summed E-state index contributed by atoms with van der Waals surface area (Å²) in [6, 6.07) is 2.76. The second-order valence-electron chi connectivity index (χ2n) is 3.94. The van der Waals surface area contributed by atoms with Crippen LogP contribution in [0.3, 0.4) is 0 Å². The van der Waals surface area contributed by atoms with Gasteiger partial charge < -0.3 is 10.2 Å². The number of hydrogen-bond donors (Lipinski definition) is 1. The van der Waals surface area contributed by atoms with Gasteiger partial charge in [-0.05, 0) is 25.5 Å². The number of rotatable bonds is 5. The average molecular weight is 257 g/mol. The number of benzene rings is 1. The molecule has 1 heterocycles. The highest BCUT2D eigenvalue weighted by atomic mass is 35.5. The molecule has 0 unspecified atom stereocenters. The zero-order valence-corrected chi connectivity index (χ0v) is 10.1. The first-order chi connectivity index (χ1) is 8.20. The third kappa shape index (κ3) is 2.96. The first-order valence-corrected chi connectivity index (χ1v) is 6.03. The maximum atomic E-state index is 13.2. The molecule has 0 aliphatic carbocycles. The summed E-state index contributed by atoms with van der Waals surface area (Å²) in [5.41, 5.74) is 6.45. The van der Waals surface area contributed by atoms with Crippen LogP contribution in [-0.4, -0.2) is 11.5 Å². The molecule has 2 N–H and O–H groups in total. The summed E-state index contributed by atoms with van der Waals surface area (Å²) >= 11 is 5.67. The van der Waals surface area contributed by atoms with Crippen LogP contribution in [0.5, 0.6) is 0 Å². The Labute approximate surface area is 104 Å². The van der Waals surface area contributed by atoms with Crippen LogP contribution in [0.25, 0.3) is 11.1 Å². The minimum atomic E-state index is -0.481. The number of fused-ring (bicyclic) bond motifs is 1. The summed E-state index contributed by atoms with van der Waals surface area (Å²) in [6.45, 7) is 0.703. The van der Waals surface area contributed by atoms with Gasteiger partial charge in [0.1, 0.15) is 11.3 Å². The van der Waals surface area contributed by atoms with Gasteiger partial charge in [-0.2, -0.15) is 0 Å². The smallest absolute Gasteiger partial charge is 0.195 e. The van der Waals surface area contributed by atoms with E-state index in [1.54, 1.807) is 0 Å². The van der Waals surface area contributed by atoms with Gasteiger partial charge in [-0.3, -0.25) is 0 Å². The van der Waals surface area contributed by atoms with Gasteiger partial charge in [-0.15, -0.1) is 0 Å². The van der Waals surface area contributed by atoms with Crippen LogP contribution >= 0.6 is 11.6 Å². The van der Waals surface area contributed by atoms with E-state index in [2.05, 4.69) is 4.98 Å². The first kappa shape index (κ1) is 12.3. The summed E-state index contributed by atoms with van der Waals surface area (Å²) in [4.78, 5) is 4.26. The van der Waals surface area contributed by atoms with E-state index < -0.39 is 5.82 Å². The normalized spacial score (nSPS) is 11.2. The monoisotopic (exact) mass is 256 g/mol. The molecule has 0 amide bonds. The van der Waals surface area contributed by atoms with Crippen LogP contribution in [-0.2, 0) is 6.42 Å². The van der Waals surface area contributed by atoms with Gasteiger partial charge in [0.25, 0.3) is 0 Å². The van der Waals surface area contributed by atoms with Crippen molar-refractivity contribution in [3.8, 4) is 0 Å². The number of oxazole rings is 1. The summed E-state index contributed by atoms with van der Waals surface area (Å²) < 4.78 is 18.6. The quantitative estimate of drug-likeness (QED) is 0.835. The Morgan fingerprint density at radius 2 is 2.12 bits per heavy atom. The third-order valence-corrected chi connectivity index (χ3v) is 2.86. The fraction of sp³-hybridized carbons (Fsp3) is 0.417. The Balaban J connectivity index is 2.09. The molecule has 0 aliphatic rings. The fourth-order valence-electron chi connectivity index (χ4n) is 1.68. The van der Waals surface area contributed by atoms with Crippen LogP contribution in [0.1, 0.15) is 25.2 Å². The standard InChI is InChI=1S/C12H14ClFN2O/c13-8-6-10-11(7-9(8)14)17-12(16-10)4-2-1-3-5-15/h6-7H,1-5,15H2. The minimum absolute atomic E-state index is 0.0699. The molecule has 0 radical (unpaired) electrons. The Kier molecular flexibility index (Phi) is 3.97. The molecule has 1 aromatic carbocycles. The summed E-state index contributed by atoms with van der Waals surface area (Å²) in [6.07, 6.45) is 3.76. The largest absolute Gasteiger partial charge is 0.441 e. The molecule has 92 valence electrons. The molecule has 2 aromatic rings. The molecule has 3 nitrogen and oxygen atoms in total. The van der Waals surface area contributed by atoms with Crippen LogP contribution in [0.2, 0.25) is 5.02 Å². The lowest BCUT2D eigenvalue weighted by Crippen LogP contribution is -1.98. The van der Waals surface area contributed by atoms with E-state index in [4.69, 9.17) is 21.8 Å². The fourth-order valence-corrected chi connectivity index (χ4v) is 1.83. The van der Waals surface area contributed by atoms with Crippen LogP contribution in [0.4, 0.5) is 4.39 Å². The van der Waals surface area contributed by atoms with E-state index in [1.165, 1.54) is 12.1 Å². The van der Waals surface area contributed by atoms with Crippen LogP contribution in [0, 0.1) is 5.82 Å². The number of halogens is 2. The van der Waals surface area contributed by atoms with E-state index in [1.807, 2.05) is 0 Å². The second kappa shape index (κ2) is 5.47. The predicted molar refractivity (Wildman–Crippen MR) is 65.6 cm³/mol. The molecular weight excluding hydrogens is 243 g/mol. The number of nitrogens with zero attached hydrogens (tertiary/aromatic N) is 1. The highest BCUT2D eigenvalue weighted by Gasteiger charge is 2.09. The van der Waals surface area contributed by atoms with E-state index in [0.717, 1.165) is 25.7 Å². The molecule has 0 bridgehead atoms. The Hall–Kier alpha value is -1.13. The Morgan fingerprint density at radius 3 is 2.88 bits per heavy atom. The molecule has 0 aliphatic heterocycles. The number of aromatic nitrogens is 1. The van der Waals surface area contributed by atoms with E-state index in [9.17, 15) is 4.39 Å². The van der Waals surface area contributed by atoms with Crippen molar-refractivity contribution in [3.63, 3.8) is 0 Å². The lowest BCUT2D eigenvalue weighted by molar-refractivity contribution is 0.509. The molecule has 1 aromatic heterocycles. The van der Waals surface area contributed by atoms with Crippen molar-refractivity contribution in [1.29, 1.82) is 0 Å². The summed E-state index contributed by atoms with van der Waals surface area (Å²) in [7, 11) is 0. The zero-order chi connectivity index (χ0) is 12.3. The molecule has 0 atom stereocenters. The molecular formula is C12H14ClFN2O. The van der Waals surface area contributed by atoms with E-state index in [-0.39, 0.29) is 5.02 Å². The SMILES string of the molecule is NCCCCCc1nc2cc(Cl)c(F)cc2o1. The van der Waals surface area contributed by atoms with Gasteiger partial charge >= 0.3 is 0 Å². The maximum absolute atomic E-state index is 13.2. The van der Waals surface area contributed by atoms with Gasteiger partial charge in [0.05, 0.1) is 5.02 Å². The topological polar surface area (TPSA) is 52.0 Å². The van der Waals surface area contributed by atoms with Gasteiger partial charge in [0, 0.05) is 12.5 Å². The summed E-state index contributed by atoms with van der Waals surface area (Å²) in [5.74, 6) is 0.142. The molecule has 0 saturated carbocycles.